The summed E-state index contributed by atoms with van der Waals surface area (Å²) < 4.78 is 16.0. The third-order valence-electron chi connectivity index (χ3n) is 5.24. The fraction of sp³-hybridized carbons (Fsp3) is 0.0435. The molecule has 0 fully saturated rings. The lowest BCUT2D eigenvalue weighted by atomic mass is 10.0. The number of hydrogen-bond acceptors (Lipinski definition) is 5. The first-order valence-electron chi connectivity index (χ1n) is 9.48. The van der Waals surface area contributed by atoms with E-state index in [4.69, 9.17) is 28.5 Å². The summed E-state index contributed by atoms with van der Waals surface area (Å²) in [6.07, 6.45) is 1.51. The molecule has 2 aromatic heterocycles. The summed E-state index contributed by atoms with van der Waals surface area (Å²) in [5, 5.41) is 18.1. The molecule has 0 aliphatic carbocycles. The molecule has 0 amide bonds. The van der Waals surface area contributed by atoms with Gasteiger partial charge in [-0.05, 0) is 42.0 Å². The smallest absolute Gasteiger partial charge is 0.257 e. The molecule has 0 bridgehead atoms. The van der Waals surface area contributed by atoms with Crippen molar-refractivity contribution in [1.82, 2.24) is 19.6 Å². The maximum absolute atomic E-state index is 14.4. The number of fused-ring (bicyclic) bond motifs is 3. The molecule has 0 atom stereocenters. The molecule has 156 valence electrons. The van der Waals surface area contributed by atoms with E-state index < -0.39 is 5.82 Å². The minimum absolute atomic E-state index is 0.00441. The zero-order valence-corrected chi connectivity index (χ0v) is 18.1. The van der Waals surface area contributed by atoms with E-state index in [1.54, 1.807) is 16.5 Å². The van der Waals surface area contributed by atoms with Crippen LogP contribution in [0.3, 0.4) is 0 Å². The number of benzene rings is 3. The van der Waals surface area contributed by atoms with Crippen LogP contribution in [0.15, 0.2) is 60.9 Å². The fourth-order valence-corrected chi connectivity index (χ4v) is 4.07. The highest BCUT2D eigenvalue weighted by Gasteiger charge is 2.17. The predicted octanol–water partition coefficient (Wildman–Crippen LogP) is 6.03. The molecule has 9 heteroatoms. The highest BCUT2D eigenvalue weighted by Crippen LogP contribution is 2.35. The number of rotatable bonds is 3. The van der Waals surface area contributed by atoms with Crippen LogP contribution in [0.4, 0.5) is 15.9 Å². The van der Waals surface area contributed by atoms with Gasteiger partial charge >= 0.3 is 0 Å². The number of hydrogen-bond donors (Lipinski definition) is 0. The summed E-state index contributed by atoms with van der Waals surface area (Å²) in [5.74, 6) is 0.327. The van der Waals surface area contributed by atoms with Crippen LogP contribution in [0.25, 0.3) is 27.8 Å². The normalized spacial score (nSPS) is 11.1. The maximum Gasteiger partial charge on any atom is 0.257 e. The molecule has 0 aliphatic rings. The first kappa shape index (κ1) is 20.2. The molecule has 0 saturated heterocycles. The van der Waals surface area contributed by atoms with E-state index in [0.717, 1.165) is 16.8 Å². The topological polar surface area (TPSA) is 70.1 Å². The molecule has 5 rings (SSSR count). The van der Waals surface area contributed by atoms with Crippen LogP contribution in [-0.2, 0) is 0 Å². The van der Waals surface area contributed by atoms with E-state index in [1.807, 2.05) is 42.3 Å². The highest BCUT2D eigenvalue weighted by molar-refractivity contribution is 6.33. The molecule has 0 aliphatic heterocycles. The Labute approximate surface area is 192 Å². The van der Waals surface area contributed by atoms with Gasteiger partial charge in [0.2, 0.25) is 0 Å². The van der Waals surface area contributed by atoms with Gasteiger partial charge in [-0.3, -0.25) is 4.40 Å². The third kappa shape index (κ3) is 3.30. The van der Waals surface area contributed by atoms with Gasteiger partial charge in [0.15, 0.2) is 0 Å². The SMILES string of the molecule is CN(c1cccc(-c2ccc(C#N)cc2Cl)c1)c1nc2nncn2c2cc(Cl)c(F)cc12. The van der Waals surface area contributed by atoms with Gasteiger partial charge < -0.3 is 4.90 Å². The van der Waals surface area contributed by atoms with Crippen molar-refractivity contribution in [2.45, 2.75) is 0 Å². The summed E-state index contributed by atoms with van der Waals surface area (Å²) >= 11 is 12.4. The first-order chi connectivity index (χ1) is 15.5. The van der Waals surface area contributed by atoms with Crippen molar-refractivity contribution in [1.29, 1.82) is 5.26 Å². The van der Waals surface area contributed by atoms with E-state index in [2.05, 4.69) is 21.3 Å². The second kappa shape index (κ2) is 7.75. The summed E-state index contributed by atoms with van der Waals surface area (Å²) in [6, 6.07) is 17.8. The molecule has 6 nitrogen and oxygen atoms in total. The molecule has 0 spiro atoms. The standard InChI is InChI=1S/C23H13Cl2FN6/c1-31(15-4-2-3-14(8-15)16-6-5-13(11-27)7-18(16)24)22-17-9-20(26)19(25)10-21(17)32-12-28-30-23(32)29-22/h2-10,12H,1H3. The highest BCUT2D eigenvalue weighted by atomic mass is 35.5. The third-order valence-corrected chi connectivity index (χ3v) is 5.84. The number of halogens is 3. The number of aromatic nitrogens is 4. The predicted molar refractivity (Wildman–Crippen MR) is 123 cm³/mol. The van der Waals surface area contributed by atoms with Gasteiger partial charge in [-0.15, -0.1) is 10.2 Å². The minimum atomic E-state index is -0.541. The number of nitrogens with zero attached hydrogens (tertiary/aromatic N) is 6. The average molecular weight is 463 g/mol. The van der Waals surface area contributed by atoms with Crippen molar-refractivity contribution in [2.24, 2.45) is 0 Å². The van der Waals surface area contributed by atoms with Gasteiger partial charge in [0.05, 0.1) is 22.2 Å². The van der Waals surface area contributed by atoms with Gasteiger partial charge in [0.1, 0.15) is 18.0 Å². The van der Waals surface area contributed by atoms with Crippen molar-refractivity contribution in [3.05, 3.63) is 82.4 Å². The van der Waals surface area contributed by atoms with Crippen molar-refractivity contribution >= 4 is 51.4 Å². The molecular formula is C23H13Cl2FN6. The second-order valence-corrected chi connectivity index (χ2v) is 7.95. The molecule has 0 radical (unpaired) electrons. The Morgan fingerprint density at radius 2 is 1.91 bits per heavy atom. The fourth-order valence-electron chi connectivity index (χ4n) is 3.62. The summed E-state index contributed by atoms with van der Waals surface area (Å²) in [6.45, 7) is 0. The van der Waals surface area contributed by atoms with E-state index in [0.29, 0.717) is 33.1 Å². The molecule has 3 aromatic carbocycles. The second-order valence-electron chi connectivity index (χ2n) is 7.14. The van der Waals surface area contributed by atoms with Crippen molar-refractivity contribution in [3.63, 3.8) is 0 Å². The lowest BCUT2D eigenvalue weighted by Crippen LogP contribution is -2.13. The van der Waals surface area contributed by atoms with Crippen molar-refractivity contribution < 1.29 is 4.39 Å². The Morgan fingerprint density at radius 1 is 1.06 bits per heavy atom. The van der Waals surface area contributed by atoms with Gasteiger partial charge in [-0.1, -0.05) is 41.4 Å². The maximum atomic E-state index is 14.4. The molecule has 32 heavy (non-hydrogen) atoms. The van der Waals surface area contributed by atoms with Crippen LogP contribution >= 0.6 is 23.2 Å². The zero-order valence-electron chi connectivity index (χ0n) is 16.6. The largest absolute Gasteiger partial charge is 0.329 e. The Hall–Kier alpha value is -3.73. The van der Waals surface area contributed by atoms with E-state index >= 15 is 0 Å². The van der Waals surface area contributed by atoms with Crippen molar-refractivity contribution in [2.75, 3.05) is 11.9 Å². The van der Waals surface area contributed by atoms with E-state index in [1.165, 1.54) is 18.5 Å². The monoisotopic (exact) mass is 462 g/mol. The van der Waals surface area contributed by atoms with Crippen LogP contribution in [0, 0.1) is 17.1 Å². The number of anilines is 2. The molecular weight excluding hydrogens is 450 g/mol. The van der Waals surface area contributed by atoms with Crippen molar-refractivity contribution in [3.8, 4) is 17.2 Å². The van der Waals surface area contributed by atoms with Crippen LogP contribution in [0.1, 0.15) is 5.56 Å². The molecule has 0 saturated carbocycles. The molecule has 0 unspecified atom stereocenters. The van der Waals surface area contributed by atoms with E-state index in [-0.39, 0.29) is 5.02 Å². The Balaban J connectivity index is 1.66. The summed E-state index contributed by atoms with van der Waals surface area (Å²) in [4.78, 5) is 6.44. The first-order valence-corrected chi connectivity index (χ1v) is 10.2. The summed E-state index contributed by atoms with van der Waals surface area (Å²) in [7, 11) is 1.83. The van der Waals surface area contributed by atoms with Crippen LogP contribution < -0.4 is 4.90 Å². The minimum Gasteiger partial charge on any atom is -0.329 e. The lowest BCUT2D eigenvalue weighted by Gasteiger charge is -2.21. The van der Waals surface area contributed by atoms with Gasteiger partial charge in [0.25, 0.3) is 5.78 Å². The Kier molecular flexibility index (Phi) is 4.89. The quantitative estimate of drug-likeness (QED) is 0.327. The average Bonchev–Trinajstić information content (AvgIpc) is 3.28. The van der Waals surface area contributed by atoms with E-state index in [9.17, 15) is 4.39 Å². The van der Waals surface area contributed by atoms with Gasteiger partial charge in [-0.25, -0.2) is 4.39 Å². The van der Waals surface area contributed by atoms with Crippen LogP contribution in [0.2, 0.25) is 10.0 Å². The van der Waals surface area contributed by atoms with Crippen LogP contribution in [0.5, 0.6) is 0 Å². The Morgan fingerprint density at radius 3 is 2.69 bits per heavy atom. The van der Waals surface area contributed by atoms with Gasteiger partial charge in [0, 0.05) is 28.7 Å². The molecule has 5 aromatic rings. The number of nitriles is 1. The van der Waals surface area contributed by atoms with Crippen LogP contribution in [-0.4, -0.2) is 26.6 Å². The molecule has 2 heterocycles. The molecule has 0 N–H and O–H groups in total. The zero-order chi connectivity index (χ0) is 22.4. The summed E-state index contributed by atoms with van der Waals surface area (Å²) in [5.41, 5.74) is 3.59. The van der Waals surface area contributed by atoms with Gasteiger partial charge in [-0.2, -0.15) is 10.2 Å². The lowest BCUT2D eigenvalue weighted by molar-refractivity contribution is 0.630. The Bertz CT molecular complexity index is 1560.